The highest BCUT2D eigenvalue weighted by atomic mass is 35.5. The highest BCUT2D eigenvalue weighted by Gasteiger charge is 2.31. The molecule has 35 heavy (non-hydrogen) atoms. The predicted molar refractivity (Wildman–Crippen MR) is 137 cm³/mol. The van der Waals surface area contributed by atoms with Crippen molar-refractivity contribution < 1.29 is 17.9 Å². The van der Waals surface area contributed by atoms with Gasteiger partial charge in [0, 0.05) is 31.9 Å². The first-order valence-electron chi connectivity index (χ1n) is 11.4. The van der Waals surface area contributed by atoms with Gasteiger partial charge in [-0.3, -0.25) is 4.79 Å². The smallest absolute Gasteiger partial charge is 0.241 e. The molecule has 1 unspecified atom stereocenters. The van der Waals surface area contributed by atoms with Gasteiger partial charge in [0.25, 0.3) is 0 Å². The largest absolute Gasteiger partial charge is 0.495 e. The van der Waals surface area contributed by atoms with E-state index in [1.165, 1.54) is 25.3 Å². The number of anilines is 1. The number of halogens is 1. The van der Waals surface area contributed by atoms with Gasteiger partial charge in [-0.1, -0.05) is 60.1 Å². The molecule has 4 rings (SSSR count). The SMILES string of the molecule is COc1ccc(S(=O)(=O)NC(Cc2ccccc2)C(=O)N2CCN(c3ccccc3)CC2)cc1Cl. The molecule has 1 fully saturated rings. The average molecular weight is 514 g/mol. The average Bonchev–Trinajstić information content (AvgIpc) is 2.89. The number of hydrogen-bond acceptors (Lipinski definition) is 5. The summed E-state index contributed by atoms with van der Waals surface area (Å²) in [4.78, 5) is 17.5. The van der Waals surface area contributed by atoms with E-state index in [1.54, 1.807) is 4.90 Å². The van der Waals surface area contributed by atoms with E-state index < -0.39 is 16.1 Å². The van der Waals surface area contributed by atoms with Crippen molar-refractivity contribution in [1.82, 2.24) is 9.62 Å². The van der Waals surface area contributed by atoms with Gasteiger partial charge in [0.15, 0.2) is 0 Å². The Morgan fingerprint density at radius 1 is 0.971 bits per heavy atom. The van der Waals surface area contributed by atoms with Crippen LogP contribution in [-0.4, -0.2) is 58.6 Å². The van der Waals surface area contributed by atoms with Crippen LogP contribution in [0.4, 0.5) is 5.69 Å². The maximum absolute atomic E-state index is 13.6. The molecule has 1 saturated heterocycles. The Morgan fingerprint density at radius 2 is 1.60 bits per heavy atom. The first kappa shape index (κ1) is 25.0. The number of methoxy groups -OCH3 is 1. The van der Waals surface area contributed by atoms with Crippen molar-refractivity contribution >= 4 is 33.2 Å². The number of hydrogen-bond donors (Lipinski definition) is 1. The number of piperazine rings is 1. The Hall–Kier alpha value is -3.07. The van der Waals surface area contributed by atoms with Crippen LogP contribution in [0.1, 0.15) is 5.56 Å². The molecule has 3 aromatic rings. The molecule has 1 N–H and O–H groups in total. The zero-order valence-electron chi connectivity index (χ0n) is 19.4. The number of benzene rings is 3. The summed E-state index contributed by atoms with van der Waals surface area (Å²) in [5.74, 6) is 0.128. The third-order valence-corrected chi connectivity index (χ3v) is 7.79. The van der Waals surface area contributed by atoms with E-state index >= 15 is 0 Å². The summed E-state index contributed by atoms with van der Waals surface area (Å²) in [6.45, 7) is 2.37. The minimum atomic E-state index is -4.01. The topological polar surface area (TPSA) is 78.9 Å². The summed E-state index contributed by atoms with van der Waals surface area (Å²) < 4.78 is 34.2. The molecular weight excluding hydrogens is 486 g/mol. The number of rotatable bonds is 8. The molecule has 0 radical (unpaired) electrons. The van der Waals surface area contributed by atoms with Crippen LogP contribution in [0.3, 0.4) is 0 Å². The van der Waals surface area contributed by atoms with Crippen molar-refractivity contribution in [2.45, 2.75) is 17.4 Å². The number of amides is 1. The molecule has 0 bridgehead atoms. The second kappa shape index (κ2) is 11.1. The number of para-hydroxylation sites is 1. The maximum atomic E-state index is 13.6. The van der Waals surface area contributed by atoms with E-state index in [1.807, 2.05) is 60.7 Å². The molecule has 7 nitrogen and oxygen atoms in total. The van der Waals surface area contributed by atoms with Crippen molar-refractivity contribution in [2.24, 2.45) is 0 Å². The second-order valence-corrected chi connectivity index (χ2v) is 10.4. The van der Waals surface area contributed by atoms with Crippen LogP contribution in [-0.2, 0) is 21.2 Å². The molecule has 1 aliphatic rings. The van der Waals surface area contributed by atoms with Crippen LogP contribution < -0.4 is 14.4 Å². The molecule has 0 aromatic heterocycles. The van der Waals surface area contributed by atoms with E-state index in [2.05, 4.69) is 9.62 Å². The summed E-state index contributed by atoms with van der Waals surface area (Å²) in [6.07, 6.45) is 0.238. The number of nitrogens with one attached hydrogen (secondary N) is 1. The van der Waals surface area contributed by atoms with Crippen LogP contribution in [0.15, 0.2) is 83.8 Å². The number of carbonyl (C=O) groups excluding carboxylic acids is 1. The molecule has 184 valence electrons. The first-order valence-corrected chi connectivity index (χ1v) is 13.2. The fourth-order valence-electron chi connectivity index (χ4n) is 4.14. The van der Waals surface area contributed by atoms with Crippen LogP contribution >= 0.6 is 11.6 Å². The van der Waals surface area contributed by atoms with Crippen molar-refractivity contribution in [3.05, 3.63) is 89.4 Å². The lowest BCUT2D eigenvalue weighted by molar-refractivity contribution is -0.133. The van der Waals surface area contributed by atoms with Crippen LogP contribution in [0.2, 0.25) is 5.02 Å². The Balaban J connectivity index is 1.52. The van der Waals surface area contributed by atoms with Gasteiger partial charge < -0.3 is 14.5 Å². The Labute approximate surface area is 211 Å². The van der Waals surface area contributed by atoms with Gasteiger partial charge in [-0.2, -0.15) is 4.72 Å². The lowest BCUT2D eigenvalue weighted by atomic mass is 10.1. The highest BCUT2D eigenvalue weighted by molar-refractivity contribution is 7.89. The summed E-state index contributed by atoms with van der Waals surface area (Å²) in [5, 5.41) is 0.179. The first-order chi connectivity index (χ1) is 16.9. The van der Waals surface area contributed by atoms with Gasteiger partial charge in [0.05, 0.1) is 17.0 Å². The number of nitrogens with zero attached hydrogens (tertiary/aromatic N) is 2. The van der Waals surface area contributed by atoms with Crippen molar-refractivity contribution in [3.63, 3.8) is 0 Å². The van der Waals surface area contributed by atoms with Crippen molar-refractivity contribution in [2.75, 3.05) is 38.2 Å². The van der Waals surface area contributed by atoms with Gasteiger partial charge in [-0.05, 0) is 42.3 Å². The zero-order chi connectivity index (χ0) is 24.8. The fraction of sp³-hybridized carbons (Fsp3) is 0.269. The molecule has 1 amide bonds. The predicted octanol–water partition coefficient (Wildman–Crippen LogP) is 3.59. The summed E-state index contributed by atoms with van der Waals surface area (Å²) in [6, 6.07) is 22.7. The molecule has 9 heteroatoms. The van der Waals surface area contributed by atoms with E-state index in [0.29, 0.717) is 31.9 Å². The quantitative estimate of drug-likeness (QED) is 0.498. The van der Waals surface area contributed by atoms with Gasteiger partial charge in [0.2, 0.25) is 15.9 Å². The minimum absolute atomic E-state index is 0.0249. The van der Waals surface area contributed by atoms with Crippen LogP contribution in [0.25, 0.3) is 0 Å². The lowest BCUT2D eigenvalue weighted by Crippen LogP contribution is -2.55. The minimum Gasteiger partial charge on any atom is -0.495 e. The molecule has 0 aliphatic carbocycles. The molecule has 1 atom stereocenters. The van der Waals surface area contributed by atoms with E-state index in [4.69, 9.17) is 16.3 Å². The van der Waals surface area contributed by atoms with Gasteiger partial charge in [-0.15, -0.1) is 0 Å². The maximum Gasteiger partial charge on any atom is 0.241 e. The van der Waals surface area contributed by atoms with E-state index in [-0.39, 0.29) is 22.2 Å². The molecular formula is C26H28ClN3O4S. The second-order valence-electron chi connectivity index (χ2n) is 8.31. The normalized spacial score (nSPS) is 15.0. The highest BCUT2D eigenvalue weighted by Crippen LogP contribution is 2.27. The summed E-state index contributed by atoms with van der Waals surface area (Å²) in [7, 11) is -2.55. The number of ether oxygens (including phenoxy) is 1. The fourth-order valence-corrected chi connectivity index (χ4v) is 5.68. The summed E-state index contributed by atoms with van der Waals surface area (Å²) in [5.41, 5.74) is 1.97. The number of sulfonamides is 1. The van der Waals surface area contributed by atoms with Gasteiger partial charge >= 0.3 is 0 Å². The lowest BCUT2D eigenvalue weighted by Gasteiger charge is -2.37. The number of carbonyl (C=O) groups is 1. The standard InChI is InChI=1S/C26H28ClN3O4S/c1-34-25-13-12-22(19-23(25)27)35(32,33)28-24(18-20-8-4-2-5-9-20)26(31)30-16-14-29(15-17-30)21-10-6-3-7-11-21/h2-13,19,24,28H,14-18H2,1H3. The molecule has 1 aliphatic heterocycles. The Morgan fingerprint density at radius 3 is 2.20 bits per heavy atom. The monoisotopic (exact) mass is 513 g/mol. The van der Waals surface area contributed by atoms with E-state index in [9.17, 15) is 13.2 Å². The van der Waals surface area contributed by atoms with Gasteiger partial charge in [-0.25, -0.2) is 8.42 Å². The molecule has 3 aromatic carbocycles. The third kappa shape index (κ3) is 6.14. The molecule has 1 heterocycles. The van der Waals surface area contributed by atoms with Crippen LogP contribution in [0, 0.1) is 0 Å². The Bertz CT molecular complexity index is 1250. The molecule has 0 spiro atoms. The summed E-state index contributed by atoms with van der Waals surface area (Å²) >= 11 is 6.15. The third-order valence-electron chi connectivity index (χ3n) is 6.02. The molecule has 0 saturated carbocycles. The van der Waals surface area contributed by atoms with Crippen LogP contribution in [0.5, 0.6) is 5.75 Å². The Kier molecular flexibility index (Phi) is 7.95. The van der Waals surface area contributed by atoms with Crippen molar-refractivity contribution in [3.8, 4) is 5.75 Å². The van der Waals surface area contributed by atoms with Gasteiger partial charge in [0.1, 0.15) is 11.8 Å². The van der Waals surface area contributed by atoms with Crippen molar-refractivity contribution in [1.29, 1.82) is 0 Å². The van der Waals surface area contributed by atoms with E-state index in [0.717, 1.165) is 11.3 Å². The zero-order valence-corrected chi connectivity index (χ0v) is 21.0.